The van der Waals surface area contributed by atoms with Gasteiger partial charge in [0, 0.05) is 49.5 Å². The third-order valence-corrected chi connectivity index (χ3v) is 12.8. The van der Waals surface area contributed by atoms with Gasteiger partial charge in [0.2, 0.25) is 5.96 Å². The lowest BCUT2D eigenvalue weighted by molar-refractivity contribution is 0.668. The molecular formula is C60H40N8. The molecule has 0 saturated heterocycles. The first-order chi connectivity index (χ1) is 33.7. The Morgan fingerprint density at radius 1 is 0.353 bits per heavy atom. The maximum absolute atomic E-state index is 5.51. The molecule has 12 aromatic rings. The Morgan fingerprint density at radius 2 is 0.824 bits per heavy atom. The van der Waals surface area contributed by atoms with E-state index in [1.807, 2.05) is 78.9 Å². The molecule has 4 heterocycles. The molecule has 8 heteroatoms. The largest absolute Gasteiger partial charge is 0.344 e. The highest BCUT2D eigenvalue weighted by atomic mass is 15.3. The smallest absolute Gasteiger partial charge is 0.234 e. The van der Waals surface area contributed by atoms with Crippen LogP contribution in [0.15, 0.2) is 241 Å². The normalized spacial score (nSPS) is 13.7. The van der Waals surface area contributed by atoms with E-state index >= 15 is 0 Å². The molecule has 68 heavy (non-hydrogen) atoms. The highest BCUT2D eigenvalue weighted by Gasteiger charge is 2.27. The Kier molecular flexibility index (Phi) is 9.38. The van der Waals surface area contributed by atoms with Crippen LogP contribution >= 0.6 is 0 Å². The maximum atomic E-state index is 5.51. The Balaban J connectivity index is 1.04. The molecule has 0 amide bonds. The number of hydrogen-bond acceptors (Lipinski definition) is 6. The summed E-state index contributed by atoms with van der Waals surface area (Å²) in [5, 5.41) is 8.29. The summed E-state index contributed by atoms with van der Waals surface area (Å²) < 4.78 is 4.69. The van der Waals surface area contributed by atoms with Crippen LogP contribution in [0.25, 0.3) is 94.6 Å². The van der Waals surface area contributed by atoms with E-state index in [0.717, 1.165) is 77.3 Å². The van der Waals surface area contributed by atoms with Crippen molar-refractivity contribution in [2.24, 2.45) is 9.98 Å². The second-order valence-electron chi connectivity index (χ2n) is 16.9. The molecule has 0 radical (unpaired) electrons. The summed E-state index contributed by atoms with van der Waals surface area (Å²) in [5.74, 6) is 3.03. The molecule has 0 saturated carbocycles. The van der Waals surface area contributed by atoms with Gasteiger partial charge in [-0.05, 0) is 47.0 Å². The van der Waals surface area contributed by atoms with E-state index in [9.17, 15) is 0 Å². The topological polar surface area (TPSA) is 85.3 Å². The molecule has 0 bridgehead atoms. The van der Waals surface area contributed by atoms with E-state index in [2.05, 4.69) is 166 Å². The fraction of sp³-hybridized carbons (Fsp3) is 0.0167. The van der Waals surface area contributed by atoms with Crippen LogP contribution in [0.1, 0.15) is 17.3 Å². The van der Waals surface area contributed by atoms with Gasteiger partial charge >= 0.3 is 0 Å². The van der Waals surface area contributed by atoms with E-state index in [4.69, 9.17) is 24.9 Å². The molecule has 1 aliphatic heterocycles. The number of aromatic nitrogens is 5. The number of aliphatic imine (C=N–C) groups is 2. The molecule has 9 aromatic carbocycles. The van der Waals surface area contributed by atoms with Gasteiger partial charge in [0.15, 0.2) is 17.5 Å². The zero-order chi connectivity index (χ0) is 45.0. The van der Waals surface area contributed by atoms with E-state index < -0.39 is 6.17 Å². The second kappa shape index (κ2) is 16.3. The van der Waals surface area contributed by atoms with Crippen LogP contribution in [0.2, 0.25) is 0 Å². The van der Waals surface area contributed by atoms with Gasteiger partial charge < -0.3 is 9.88 Å². The zero-order valence-electron chi connectivity index (χ0n) is 36.6. The zero-order valence-corrected chi connectivity index (χ0v) is 36.6. The van der Waals surface area contributed by atoms with Crippen molar-refractivity contribution in [2.75, 3.05) is 0 Å². The first-order valence-electron chi connectivity index (χ1n) is 22.8. The molecule has 1 unspecified atom stereocenters. The summed E-state index contributed by atoms with van der Waals surface area (Å²) in [4.78, 5) is 26.1. The average molecular weight is 873 g/mol. The molecule has 3 aromatic heterocycles. The fourth-order valence-electron chi connectivity index (χ4n) is 9.66. The van der Waals surface area contributed by atoms with Crippen LogP contribution in [-0.4, -0.2) is 35.9 Å². The lowest BCUT2D eigenvalue weighted by atomic mass is 10.1. The lowest BCUT2D eigenvalue weighted by Gasteiger charge is -2.24. The SMILES string of the molecule is c1ccc(-c2cccc(-n3c4ccccc4c4ccc5c6ccccc6n(C6=NC(c7ccccc7)NC(c7cccc(-c8nc(-c9ccccc9)nc(-c9ccccc9)n8)c7)=N6)c5c43)c2)cc1. The Morgan fingerprint density at radius 3 is 1.46 bits per heavy atom. The van der Waals surface area contributed by atoms with E-state index in [-0.39, 0.29) is 0 Å². The summed E-state index contributed by atoms with van der Waals surface area (Å²) in [7, 11) is 0. The molecule has 8 nitrogen and oxygen atoms in total. The minimum absolute atomic E-state index is 0.447. The van der Waals surface area contributed by atoms with E-state index in [1.54, 1.807) is 0 Å². The predicted molar refractivity (Wildman–Crippen MR) is 277 cm³/mol. The molecular weight excluding hydrogens is 833 g/mol. The van der Waals surface area contributed by atoms with Crippen LogP contribution in [-0.2, 0) is 0 Å². The van der Waals surface area contributed by atoms with Crippen molar-refractivity contribution in [2.45, 2.75) is 6.17 Å². The van der Waals surface area contributed by atoms with Gasteiger partial charge in [0.05, 0.1) is 22.1 Å². The quantitative estimate of drug-likeness (QED) is 0.173. The molecule has 1 atom stereocenters. The van der Waals surface area contributed by atoms with Crippen molar-refractivity contribution in [3.05, 3.63) is 242 Å². The summed E-state index contributed by atoms with van der Waals surface area (Å²) >= 11 is 0. The molecule has 0 spiro atoms. The van der Waals surface area contributed by atoms with Crippen LogP contribution < -0.4 is 5.32 Å². The van der Waals surface area contributed by atoms with Gasteiger partial charge in [-0.3, -0.25) is 4.57 Å². The number of benzene rings is 9. The number of rotatable bonds is 7. The van der Waals surface area contributed by atoms with Crippen molar-refractivity contribution in [3.63, 3.8) is 0 Å². The molecule has 0 aliphatic carbocycles. The van der Waals surface area contributed by atoms with Crippen molar-refractivity contribution in [1.29, 1.82) is 0 Å². The molecule has 320 valence electrons. The van der Waals surface area contributed by atoms with Crippen LogP contribution in [0.5, 0.6) is 0 Å². The number of amidine groups is 1. The van der Waals surface area contributed by atoms with Gasteiger partial charge in [0.1, 0.15) is 12.0 Å². The number of para-hydroxylation sites is 2. The Labute approximate surface area is 391 Å². The van der Waals surface area contributed by atoms with Gasteiger partial charge in [-0.1, -0.05) is 200 Å². The minimum Gasteiger partial charge on any atom is -0.344 e. The Bertz CT molecular complexity index is 3870. The predicted octanol–water partition coefficient (Wildman–Crippen LogP) is 13.7. The second-order valence-corrected chi connectivity index (χ2v) is 16.9. The van der Waals surface area contributed by atoms with Gasteiger partial charge in [-0.15, -0.1) is 0 Å². The molecule has 1 N–H and O–H groups in total. The summed E-state index contributed by atoms with van der Waals surface area (Å²) in [6.07, 6.45) is -0.447. The van der Waals surface area contributed by atoms with Gasteiger partial charge in [0.25, 0.3) is 0 Å². The summed E-state index contributed by atoms with van der Waals surface area (Å²) in [5.41, 5.74) is 12.2. The first kappa shape index (κ1) is 39.1. The molecule has 13 rings (SSSR count). The van der Waals surface area contributed by atoms with E-state index in [1.165, 1.54) is 10.9 Å². The van der Waals surface area contributed by atoms with Crippen molar-refractivity contribution in [3.8, 4) is 51.0 Å². The lowest BCUT2D eigenvalue weighted by Crippen LogP contribution is -2.35. The first-order valence-corrected chi connectivity index (χ1v) is 22.8. The molecule has 1 aliphatic rings. The third kappa shape index (κ3) is 6.74. The maximum Gasteiger partial charge on any atom is 0.234 e. The third-order valence-electron chi connectivity index (χ3n) is 12.8. The van der Waals surface area contributed by atoms with Crippen LogP contribution in [0.4, 0.5) is 0 Å². The minimum atomic E-state index is -0.447. The highest BCUT2D eigenvalue weighted by molar-refractivity contribution is 6.26. The number of nitrogens with zero attached hydrogens (tertiary/aromatic N) is 7. The van der Waals surface area contributed by atoms with Crippen LogP contribution in [0, 0.1) is 0 Å². The number of hydrogen-bond donors (Lipinski definition) is 1. The van der Waals surface area contributed by atoms with Crippen molar-refractivity contribution < 1.29 is 0 Å². The van der Waals surface area contributed by atoms with Crippen molar-refractivity contribution in [1.82, 2.24) is 29.4 Å². The highest BCUT2D eigenvalue weighted by Crippen LogP contribution is 2.41. The van der Waals surface area contributed by atoms with Crippen LogP contribution in [0.3, 0.4) is 0 Å². The van der Waals surface area contributed by atoms with Gasteiger partial charge in [-0.25, -0.2) is 19.9 Å². The monoisotopic (exact) mass is 872 g/mol. The summed E-state index contributed by atoms with van der Waals surface area (Å²) in [6.45, 7) is 0. The van der Waals surface area contributed by atoms with Crippen molar-refractivity contribution >= 4 is 55.4 Å². The fourth-order valence-corrected chi connectivity index (χ4v) is 9.66. The summed E-state index contributed by atoms with van der Waals surface area (Å²) in [6, 6.07) is 80.0. The standard InChI is InChI=1S/C60H40N8/c1-5-19-39(20-6-1)43-27-18-30-46(38-43)67-51-33-15-13-31-47(51)49-35-36-50-48-32-14-16-34-52(48)68(54(50)53(49)67)60-65-57(42-25-11-4-12-26-42)64-59(66-60)45-29-17-28-44(37-45)58-62-55(40-21-7-2-8-22-40)61-56(63-58)41-23-9-3-10-24-41/h1-38,57H,(H,64,65,66). The average Bonchev–Trinajstić information content (AvgIpc) is 3.95. The Hall–Kier alpha value is -9.27. The van der Waals surface area contributed by atoms with E-state index in [0.29, 0.717) is 29.3 Å². The van der Waals surface area contributed by atoms with Gasteiger partial charge in [-0.2, -0.15) is 4.99 Å². The number of fused-ring (bicyclic) bond motifs is 7. The number of nitrogens with one attached hydrogen (secondary N) is 1. The molecule has 0 fully saturated rings.